The van der Waals surface area contributed by atoms with Crippen LogP contribution in [0.5, 0.6) is 0 Å². The number of nitrogens with one attached hydrogen (secondary N) is 1. The van der Waals surface area contributed by atoms with Crippen molar-refractivity contribution >= 4 is 23.1 Å². The van der Waals surface area contributed by atoms with Crippen molar-refractivity contribution < 1.29 is 0 Å². The van der Waals surface area contributed by atoms with Crippen LogP contribution >= 0.6 is 0 Å². The fraction of sp³-hybridized carbons (Fsp3) is 0.176. The predicted molar refractivity (Wildman–Crippen MR) is 93.8 cm³/mol. The van der Waals surface area contributed by atoms with E-state index in [0.717, 1.165) is 34.8 Å². The number of guanidine groups is 1. The summed E-state index contributed by atoms with van der Waals surface area (Å²) in [6, 6.07) is 13.8. The Morgan fingerprint density at radius 2 is 1.96 bits per heavy atom. The lowest BCUT2D eigenvalue weighted by Crippen LogP contribution is -2.21. The number of hydrogen-bond acceptors (Lipinski definition) is 3. The highest BCUT2D eigenvalue weighted by molar-refractivity contribution is 5.78. The molecule has 1 aromatic carbocycles. The minimum absolute atomic E-state index is 0.0641. The minimum Gasteiger partial charge on any atom is -0.370 e. The molecule has 0 saturated heterocycles. The molecule has 5 N–H and O–H groups in total. The Labute approximate surface area is 134 Å². The highest BCUT2D eigenvalue weighted by Gasteiger charge is 2.09. The van der Waals surface area contributed by atoms with Gasteiger partial charge in [0.05, 0.1) is 11.4 Å². The first kappa shape index (κ1) is 14.9. The van der Waals surface area contributed by atoms with Crippen molar-refractivity contribution in [3.8, 4) is 0 Å². The van der Waals surface area contributed by atoms with Crippen molar-refractivity contribution in [1.29, 1.82) is 0 Å². The van der Waals surface area contributed by atoms with Crippen LogP contribution in [0.4, 0.5) is 11.5 Å². The second-order valence-electron chi connectivity index (χ2n) is 5.25. The summed E-state index contributed by atoms with van der Waals surface area (Å²) in [6.45, 7) is 2.81. The number of aryl methyl sites for hydroxylation is 1. The smallest absolute Gasteiger partial charge is 0.191 e. The van der Waals surface area contributed by atoms with E-state index in [2.05, 4.69) is 26.6 Å². The lowest BCUT2D eigenvalue weighted by Gasteiger charge is -2.08. The van der Waals surface area contributed by atoms with E-state index in [9.17, 15) is 0 Å². The third-order valence-corrected chi connectivity index (χ3v) is 3.59. The maximum atomic E-state index is 5.38. The molecule has 23 heavy (non-hydrogen) atoms. The van der Waals surface area contributed by atoms with Gasteiger partial charge in [0.15, 0.2) is 5.96 Å². The Balaban J connectivity index is 1.79. The first-order valence-corrected chi connectivity index (χ1v) is 7.55. The highest BCUT2D eigenvalue weighted by atomic mass is 15.1. The van der Waals surface area contributed by atoms with Gasteiger partial charge in [-0.3, -0.25) is 4.40 Å². The zero-order chi connectivity index (χ0) is 16.2. The number of benzene rings is 1. The molecule has 118 valence electrons. The first-order valence-electron chi connectivity index (χ1n) is 7.55. The lowest BCUT2D eigenvalue weighted by molar-refractivity contribution is 1.03. The molecule has 2 aromatic heterocycles. The van der Waals surface area contributed by atoms with Gasteiger partial charge in [0.1, 0.15) is 11.5 Å². The van der Waals surface area contributed by atoms with E-state index in [1.54, 1.807) is 0 Å². The van der Waals surface area contributed by atoms with Gasteiger partial charge in [0.25, 0.3) is 0 Å². The van der Waals surface area contributed by atoms with E-state index in [-0.39, 0.29) is 5.96 Å². The molecule has 0 unspecified atom stereocenters. The molecule has 0 spiro atoms. The number of fused-ring (bicyclic) bond motifs is 1. The van der Waals surface area contributed by atoms with Crippen LogP contribution in [0.1, 0.15) is 18.2 Å². The molecule has 0 radical (unpaired) electrons. The number of nitrogens with two attached hydrogens (primary N) is 2. The van der Waals surface area contributed by atoms with Crippen LogP contribution in [0.25, 0.3) is 5.65 Å². The quantitative estimate of drug-likeness (QED) is 0.498. The topological polar surface area (TPSA) is 93.7 Å². The Bertz CT molecular complexity index is 828. The normalized spacial score (nSPS) is 10.7. The molecule has 6 nitrogen and oxygen atoms in total. The van der Waals surface area contributed by atoms with Gasteiger partial charge in [-0.2, -0.15) is 0 Å². The molecule has 2 heterocycles. The van der Waals surface area contributed by atoms with E-state index in [1.165, 1.54) is 0 Å². The van der Waals surface area contributed by atoms with E-state index < -0.39 is 0 Å². The van der Waals surface area contributed by atoms with Gasteiger partial charge < -0.3 is 16.8 Å². The van der Waals surface area contributed by atoms with Crippen LogP contribution in [-0.2, 0) is 13.0 Å². The van der Waals surface area contributed by atoms with Crippen LogP contribution in [0.2, 0.25) is 0 Å². The van der Waals surface area contributed by atoms with Gasteiger partial charge in [-0.1, -0.05) is 25.1 Å². The SMILES string of the molecule is CCc1nc2ccccn2c1NCc1ccc(N=C(N)N)cc1. The predicted octanol–water partition coefficient (Wildman–Crippen LogP) is 2.41. The maximum absolute atomic E-state index is 5.38. The van der Waals surface area contributed by atoms with Crippen LogP contribution in [0, 0.1) is 0 Å². The Morgan fingerprint density at radius 1 is 1.17 bits per heavy atom. The van der Waals surface area contributed by atoms with E-state index in [1.807, 2.05) is 48.7 Å². The van der Waals surface area contributed by atoms with Crippen molar-refractivity contribution in [2.45, 2.75) is 19.9 Å². The second kappa shape index (κ2) is 6.39. The summed E-state index contributed by atoms with van der Waals surface area (Å²) in [5.41, 5.74) is 14.7. The van der Waals surface area contributed by atoms with Crippen LogP contribution in [0.3, 0.4) is 0 Å². The van der Waals surface area contributed by atoms with E-state index in [0.29, 0.717) is 6.54 Å². The highest BCUT2D eigenvalue weighted by Crippen LogP contribution is 2.20. The summed E-state index contributed by atoms with van der Waals surface area (Å²) in [7, 11) is 0. The zero-order valence-corrected chi connectivity index (χ0v) is 13.0. The molecular weight excluding hydrogens is 288 g/mol. The molecule has 0 aliphatic carbocycles. The molecule has 0 aliphatic rings. The van der Waals surface area contributed by atoms with Gasteiger partial charge in [-0.25, -0.2) is 9.98 Å². The summed E-state index contributed by atoms with van der Waals surface area (Å²) in [6.07, 6.45) is 2.90. The van der Waals surface area contributed by atoms with Gasteiger partial charge in [0.2, 0.25) is 0 Å². The van der Waals surface area contributed by atoms with E-state index in [4.69, 9.17) is 11.5 Å². The third kappa shape index (κ3) is 3.26. The molecule has 0 atom stereocenters. The monoisotopic (exact) mass is 308 g/mol. The number of rotatable bonds is 5. The van der Waals surface area contributed by atoms with Gasteiger partial charge in [0, 0.05) is 12.7 Å². The summed E-state index contributed by atoms with van der Waals surface area (Å²) in [5, 5.41) is 3.48. The summed E-state index contributed by atoms with van der Waals surface area (Å²) in [5.74, 6) is 1.10. The lowest BCUT2D eigenvalue weighted by atomic mass is 10.2. The Kier molecular flexibility index (Phi) is 4.14. The van der Waals surface area contributed by atoms with Gasteiger partial charge >= 0.3 is 0 Å². The standard InChI is InChI=1S/C17H20N6/c1-2-14-16(23-10-4-3-5-15(23)22-14)20-11-12-6-8-13(9-7-12)21-17(18)19/h3-10,20H,2,11H2,1H3,(H4,18,19,21). The van der Waals surface area contributed by atoms with Crippen molar-refractivity contribution in [3.05, 3.63) is 59.9 Å². The molecule has 0 saturated carbocycles. The Morgan fingerprint density at radius 3 is 2.65 bits per heavy atom. The fourth-order valence-corrected chi connectivity index (χ4v) is 2.50. The number of imidazole rings is 1. The first-order chi connectivity index (χ1) is 11.2. The Hall–Kier alpha value is -3.02. The third-order valence-electron chi connectivity index (χ3n) is 3.59. The average molecular weight is 308 g/mol. The van der Waals surface area contributed by atoms with Crippen molar-refractivity contribution in [2.75, 3.05) is 5.32 Å². The molecule has 0 amide bonds. The molecule has 6 heteroatoms. The second-order valence-corrected chi connectivity index (χ2v) is 5.25. The number of hydrogen-bond donors (Lipinski definition) is 3. The molecule has 3 aromatic rings. The molecule has 0 aliphatic heterocycles. The number of nitrogens with zero attached hydrogens (tertiary/aromatic N) is 3. The number of aromatic nitrogens is 2. The summed E-state index contributed by atoms with van der Waals surface area (Å²) < 4.78 is 2.08. The summed E-state index contributed by atoms with van der Waals surface area (Å²) >= 11 is 0. The molecule has 0 fully saturated rings. The number of pyridine rings is 1. The molecular formula is C17H20N6. The zero-order valence-electron chi connectivity index (χ0n) is 13.0. The van der Waals surface area contributed by atoms with Crippen molar-refractivity contribution in [3.63, 3.8) is 0 Å². The number of aliphatic imine (C=N–C) groups is 1. The van der Waals surface area contributed by atoms with Crippen LogP contribution in [0.15, 0.2) is 53.7 Å². The van der Waals surface area contributed by atoms with Crippen LogP contribution in [-0.4, -0.2) is 15.3 Å². The largest absolute Gasteiger partial charge is 0.370 e. The van der Waals surface area contributed by atoms with E-state index >= 15 is 0 Å². The van der Waals surface area contributed by atoms with Gasteiger partial charge in [-0.15, -0.1) is 0 Å². The van der Waals surface area contributed by atoms with Crippen LogP contribution < -0.4 is 16.8 Å². The minimum atomic E-state index is 0.0641. The summed E-state index contributed by atoms with van der Waals surface area (Å²) in [4.78, 5) is 8.66. The van der Waals surface area contributed by atoms with Crippen molar-refractivity contribution in [2.24, 2.45) is 16.5 Å². The van der Waals surface area contributed by atoms with Crippen molar-refractivity contribution in [1.82, 2.24) is 9.38 Å². The fourth-order valence-electron chi connectivity index (χ4n) is 2.50. The molecule has 3 rings (SSSR count). The maximum Gasteiger partial charge on any atom is 0.191 e. The number of anilines is 1. The van der Waals surface area contributed by atoms with Gasteiger partial charge in [-0.05, 0) is 36.2 Å². The average Bonchev–Trinajstić information content (AvgIpc) is 2.91. The molecule has 0 bridgehead atoms.